The van der Waals surface area contributed by atoms with Gasteiger partial charge in [0.05, 0.1) is 5.69 Å². The minimum absolute atomic E-state index is 0.184. The van der Waals surface area contributed by atoms with Crippen molar-refractivity contribution in [1.29, 1.82) is 0 Å². The molecule has 0 saturated carbocycles. The van der Waals surface area contributed by atoms with Crippen molar-refractivity contribution in [2.75, 3.05) is 0 Å². The number of carbonyl (C=O) groups excluding carboxylic acids is 1. The second kappa shape index (κ2) is 7.04. The molecule has 2 heterocycles. The molecule has 0 unspecified atom stereocenters. The van der Waals surface area contributed by atoms with Crippen molar-refractivity contribution in [2.45, 2.75) is 26.3 Å². The third kappa shape index (κ3) is 3.65. The smallest absolute Gasteiger partial charge is 0.270 e. The molecule has 0 bridgehead atoms. The van der Waals surface area contributed by atoms with Crippen molar-refractivity contribution < 1.29 is 4.79 Å². The van der Waals surface area contributed by atoms with Crippen LogP contribution in [0.2, 0.25) is 0 Å². The van der Waals surface area contributed by atoms with Gasteiger partial charge < -0.3 is 5.32 Å². The molecule has 0 saturated heterocycles. The summed E-state index contributed by atoms with van der Waals surface area (Å²) in [6.45, 7) is 4.62. The van der Waals surface area contributed by atoms with E-state index in [2.05, 4.69) is 34.2 Å². The molecule has 6 heteroatoms. The van der Waals surface area contributed by atoms with Gasteiger partial charge in [-0.25, -0.2) is 9.67 Å². The van der Waals surface area contributed by atoms with Crippen molar-refractivity contribution in [3.05, 3.63) is 72.1 Å². The summed E-state index contributed by atoms with van der Waals surface area (Å²) in [6.07, 6.45) is 4.88. The number of nitrogens with zero attached hydrogens (tertiary/aromatic N) is 4. The van der Waals surface area contributed by atoms with E-state index in [1.165, 1.54) is 6.33 Å². The monoisotopic (exact) mass is 321 g/mol. The lowest BCUT2D eigenvalue weighted by atomic mass is 10.1. The average Bonchev–Trinajstić information content (AvgIpc) is 3.15. The minimum Gasteiger partial charge on any atom is -0.347 e. The van der Waals surface area contributed by atoms with Crippen LogP contribution in [0.5, 0.6) is 0 Å². The van der Waals surface area contributed by atoms with Crippen molar-refractivity contribution in [3.8, 4) is 5.69 Å². The number of hydrogen-bond donors (Lipinski definition) is 1. The molecule has 3 rings (SSSR count). The van der Waals surface area contributed by atoms with Crippen LogP contribution in [0.1, 0.15) is 41.4 Å². The molecule has 2 aromatic heterocycles. The van der Waals surface area contributed by atoms with Crippen LogP contribution in [0.3, 0.4) is 0 Å². The summed E-state index contributed by atoms with van der Waals surface area (Å²) in [5.41, 5.74) is 3.42. The maximum Gasteiger partial charge on any atom is 0.270 e. The molecule has 0 aliphatic heterocycles. The molecular weight excluding hydrogens is 302 g/mol. The largest absolute Gasteiger partial charge is 0.347 e. The fourth-order valence-electron chi connectivity index (χ4n) is 2.30. The van der Waals surface area contributed by atoms with Crippen LogP contribution in [0.15, 0.2) is 55.2 Å². The lowest BCUT2D eigenvalue weighted by Gasteiger charge is -2.08. The Kier molecular flexibility index (Phi) is 4.65. The topological polar surface area (TPSA) is 72.7 Å². The molecule has 1 N–H and O–H groups in total. The van der Waals surface area contributed by atoms with E-state index in [1.54, 1.807) is 23.3 Å². The first-order valence-corrected chi connectivity index (χ1v) is 7.81. The SMILES string of the molecule is CC(C)c1ccc(C(=O)NCc2cccc(-n3cncn3)c2)nc1. The second-order valence-electron chi connectivity index (χ2n) is 5.82. The Morgan fingerprint density at radius 3 is 2.79 bits per heavy atom. The van der Waals surface area contributed by atoms with E-state index in [9.17, 15) is 4.79 Å². The van der Waals surface area contributed by atoms with Crippen molar-refractivity contribution >= 4 is 5.91 Å². The van der Waals surface area contributed by atoms with Gasteiger partial charge in [0.1, 0.15) is 18.3 Å². The Morgan fingerprint density at radius 1 is 1.25 bits per heavy atom. The van der Waals surface area contributed by atoms with Crippen LogP contribution in [-0.4, -0.2) is 25.7 Å². The first-order valence-electron chi connectivity index (χ1n) is 7.81. The molecule has 1 aromatic carbocycles. The number of amides is 1. The molecule has 0 radical (unpaired) electrons. The van der Waals surface area contributed by atoms with E-state index < -0.39 is 0 Å². The average molecular weight is 321 g/mol. The van der Waals surface area contributed by atoms with Crippen LogP contribution < -0.4 is 5.32 Å². The summed E-state index contributed by atoms with van der Waals surface area (Å²) in [7, 11) is 0. The van der Waals surface area contributed by atoms with Crippen molar-refractivity contribution in [1.82, 2.24) is 25.1 Å². The normalized spacial score (nSPS) is 10.8. The van der Waals surface area contributed by atoms with Crippen molar-refractivity contribution in [2.24, 2.45) is 0 Å². The fourth-order valence-corrected chi connectivity index (χ4v) is 2.30. The van der Waals surface area contributed by atoms with E-state index in [4.69, 9.17) is 0 Å². The lowest BCUT2D eigenvalue weighted by molar-refractivity contribution is 0.0946. The van der Waals surface area contributed by atoms with Crippen LogP contribution >= 0.6 is 0 Å². The molecule has 0 atom stereocenters. The minimum atomic E-state index is -0.184. The van der Waals surface area contributed by atoms with Crippen LogP contribution in [-0.2, 0) is 6.54 Å². The van der Waals surface area contributed by atoms with Gasteiger partial charge in [-0.1, -0.05) is 32.0 Å². The maximum absolute atomic E-state index is 12.2. The summed E-state index contributed by atoms with van der Waals surface area (Å²) in [6, 6.07) is 11.5. The predicted octanol–water partition coefficient (Wildman–Crippen LogP) is 2.72. The van der Waals surface area contributed by atoms with Gasteiger partial charge in [0, 0.05) is 12.7 Å². The highest BCUT2D eigenvalue weighted by molar-refractivity contribution is 5.92. The van der Waals surface area contributed by atoms with E-state index in [-0.39, 0.29) is 5.91 Å². The highest BCUT2D eigenvalue weighted by atomic mass is 16.1. The standard InChI is InChI=1S/C18H19N5O/c1-13(2)15-6-7-17(20-10-15)18(24)21-9-14-4-3-5-16(8-14)23-12-19-11-22-23/h3-8,10-13H,9H2,1-2H3,(H,21,24). The van der Waals surface area contributed by atoms with Gasteiger partial charge in [-0.2, -0.15) is 5.10 Å². The first-order chi connectivity index (χ1) is 11.6. The van der Waals surface area contributed by atoms with E-state index in [0.29, 0.717) is 18.2 Å². The number of carbonyl (C=O) groups is 1. The van der Waals surface area contributed by atoms with Crippen LogP contribution in [0.4, 0.5) is 0 Å². The number of rotatable bonds is 5. The number of nitrogens with one attached hydrogen (secondary N) is 1. The molecule has 24 heavy (non-hydrogen) atoms. The van der Waals surface area contributed by atoms with Gasteiger partial charge in [0.2, 0.25) is 0 Å². The Bertz CT molecular complexity index is 810. The summed E-state index contributed by atoms with van der Waals surface area (Å²) in [4.78, 5) is 20.4. The molecule has 0 aliphatic rings. The quantitative estimate of drug-likeness (QED) is 0.784. The molecule has 1 amide bonds. The lowest BCUT2D eigenvalue weighted by Crippen LogP contribution is -2.23. The summed E-state index contributed by atoms with van der Waals surface area (Å²) < 4.78 is 1.68. The number of benzene rings is 1. The third-order valence-electron chi connectivity index (χ3n) is 3.73. The number of pyridine rings is 1. The number of hydrogen-bond acceptors (Lipinski definition) is 4. The first kappa shape index (κ1) is 15.9. The fraction of sp³-hybridized carbons (Fsp3) is 0.222. The van der Waals surface area contributed by atoms with E-state index in [0.717, 1.165) is 16.8 Å². The van der Waals surface area contributed by atoms with Crippen LogP contribution in [0.25, 0.3) is 5.69 Å². The van der Waals surface area contributed by atoms with Gasteiger partial charge in [-0.05, 0) is 35.2 Å². The zero-order valence-electron chi connectivity index (χ0n) is 13.7. The van der Waals surface area contributed by atoms with Gasteiger partial charge >= 0.3 is 0 Å². The zero-order chi connectivity index (χ0) is 16.9. The molecule has 0 fully saturated rings. The summed E-state index contributed by atoms with van der Waals surface area (Å²) in [5.74, 6) is 0.214. The van der Waals surface area contributed by atoms with Gasteiger partial charge in [0.25, 0.3) is 5.91 Å². The van der Waals surface area contributed by atoms with Gasteiger partial charge in [-0.15, -0.1) is 0 Å². The Morgan fingerprint density at radius 2 is 2.12 bits per heavy atom. The molecule has 122 valence electrons. The van der Waals surface area contributed by atoms with Crippen LogP contribution in [0, 0.1) is 0 Å². The number of aromatic nitrogens is 4. The van der Waals surface area contributed by atoms with Gasteiger partial charge in [0.15, 0.2) is 0 Å². The molecule has 0 spiro atoms. The Hall–Kier alpha value is -3.02. The molecule has 0 aliphatic carbocycles. The molecule has 6 nitrogen and oxygen atoms in total. The second-order valence-corrected chi connectivity index (χ2v) is 5.82. The molecular formula is C18H19N5O. The predicted molar refractivity (Wildman–Crippen MR) is 90.9 cm³/mol. The zero-order valence-corrected chi connectivity index (χ0v) is 13.7. The Labute approximate surface area is 140 Å². The third-order valence-corrected chi connectivity index (χ3v) is 3.73. The summed E-state index contributed by atoms with van der Waals surface area (Å²) >= 11 is 0. The Balaban J connectivity index is 1.65. The molecule has 3 aromatic rings. The van der Waals surface area contributed by atoms with E-state index in [1.807, 2.05) is 30.3 Å². The maximum atomic E-state index is 12.2. The summed E-state index contributed by atoms with van der Waals surface area (Å²) in [5, 5.41) is 6.99. The highest BCUT2D eigenvalue weighted by Crippen LogP contribution is 2.13. The highest BCUT2D eigenvalue weighted by Gasteiger charge is 2.08. The van der Waals surface area contributed by atoms with E-state index >= 15 is 0 Å². The van der Waals surface area contributed by atoms with Gasteiger partial charge in [-0.3, -0.25) is 9.78 Å². The van der Waals surface area contributed by atoms with Crippen molar-refractivity contribution in [3.63, 3.8) is 0 Å².